The van der Waals surface area contributed by atoms with Crippen LogP contribution in [-0.2, 0) is 5.66 Å². The van der Waals surface area contributed by atoms with Crippen LogP contribution in [0, 0.1) is 0 Å². The van der Waals surface area contributed by atoms with E-state index in [9.17, 15) is 4.79 Å². The largest absolute Gasteiger partial charge is 0.358 e. The molecule has 3 heteroatoms. The van der Waals surface area contributed by atoms with Crippen molar-refractivity contribution in [2.45, 2.75) is 12.6 Å². The van der Waals surface area contributed by atoms with Gasteiger partial charge in [0.05, 0.1) is 5.56 Å². The molecule has 1 amide bonds. The van der Waals surface area contributed by atoms with E-state index in [0.717, 1.165) is 27.7 Å². The fourth-order valence-electron chi connectivity index (χ4n) is 4.08. The molecule has 5 rings (SSSR count). The van der Waals surface area contributed by atoms with Crippen LogP contribution in [0.15, 0.2) is 97.1 Å². The van der Waals surface area contributed by atoms with Gasteiger partial charge in [-0.3, -0.25) is 9.69 Å². The number of benzene rings is 4. The Balaban J connectivity index is 1.76. The smallest absolute Gasteiger partial charge is 0.262 e. The predicted molar refractivity (Wildman–Crippen MR) is 115 cm³/mol. The molecule has 136 valence electrons. The highest BCUT2D eigenvalue weighted by Crippen LogP contribution is 2.41. The minimum Gasteiger partial charge on any atom is -0.358 e. The van der Waals surface area contributed by atoms with E-state index >= 15 is 0 Å². The quantitative estimate of drug-likeness (QED) is 0.489. The standard InChI is InChI=1S/C25H20N2O/c1-25(20-12-4-2-5-13-20)26-23-17-19-11-9-8-10-18(19)16-22(23)24(28)27(25)21-14-6-3-7-15-21/h2-17,26H,1H3. The number of carbonyl (C=O) groups is 1. The molecule has 1 heterocycles. The van der Waals surface area contributed by atoms with E-state index in [1.54, 1.807) is 0 Å². The molecule has 3 nitrogen and oxygen atoms in total. The molecule has 0 saturated carbocycles. The number of nitrogens with zero attached hydrogens (tertiary/aromatic N) is 1. The van der Waals surface area contributed by atoms with Gasteiger partial charge in [0.25, 0.3) is 5.91 Å². The van der Waals surface area contributed by atoms with Crippen molar-refractivity contribution in [3.63, 3.8) is 0 Å². The summed E-state index contributed by atoms with van der Waals surface area (Å²) in [5.41, 5.74) is 2.75. The molecule has 1 unspecified atom stereocenters. The van der Waals surface area contributed by atoms with Crippen LogP contribution in [0.1, 0.15) is 22.8 Å². The molecular weight excluding hydrogens is 344 g/mol. The first-order valence-electron chi connectivity index (χ1n) is 9.43. The zero-order valence-corrected chi connectivity index (χ0v) is 15.6. The zero-order chi connectivity index (χ0) is 19.1. The SMILES string of the molecule is CC1(c2ccccc2)Nc2cc3ccccc3cc2C(=O)N1c1ccccc1. The Bertz CT molecular complexity index is 1170. The number of amides is 1. The van der Waals surface area contributed by atoms with Gasteiger partial charge in [0.2, 0.25) is 0 Å². The molecule has 1 aliphatic heterocycles. The van der Waals surface area contributed by atoms with E-state index < -0.39 is 5.66 Å². The molecule has 1 aliphatic rings. The summed E-state index contributed by atoms with van der Waals surface area (Å²) in [6.07, 6.45) is 0. The number of hydrogen-bond donors (Lipinski definition) is 1. The number of rotatable bonds is 2. The van der Waals surface area contributed by atoms with Crippen molar-refractivity contribution in [2.24, 2.45) is 0 Å². The second kappa shape index (κ2) is 6.24. The summed E-state index contributed by atoms with van der Waals surface area (Å²) in [6, 6.07) is 32.2. The molecule has 0 saturated heterocycles. The van der Waals surface area contributed by atoms with Gasteiger partial charge in [-0.1, -0.05) is 72.8 Å². The van der Waals surface area contributed by atoms with Gasteiger partial charge < -0.3 is 5.32 Å². The lowest BCUT2D eigenvalue weighted by molar-refractivity contribution is 0.0957. The maximum absolute atomic E-state index is 13.7. The number of nitrogens with one attached hydrogen (secondary N) is 1. The third-order valence-electron chi connectivity index (χ3n) is 5.49. The van der Waals surface area contributed by atoms with Crippen molar-refractivity contribution in [3.05, 3.63) is 108 Å². The highest BCUT2D eigenvalue weighted by Gasteiger charge is 2.43. The van der Waals surface area contributed by atoms with Gasteiger partial charge in [-0.15, -0.1) is 0 Å². The monoisotopic (exact) mass is 364 g/mol. The summed E-state index contributed by atoms with van der Waals surface area (Å²) in [5.74, 6) is -0.00273. The first-order chi connectivity index (χ1) is 13.7. The summed E-state index contributed by atoms with van der Waals surface area (Å²) >= 11 is 0. The molecule has 4 aromatic carbocycles. The normalized spacial score (nSPS) is 18.6. The molecule has 0 fully saturated rings. The second-order valence-electron chi connectivity index (χ2n) is 7.28. The van der Waals surface area contributed by atoms with E-state index in [1.165, 1.54) is 0 Å². The van der Waals surface area contributed by atoms with Crippen LogP contribution in [0.25, 0.3) is 10.8 Å². The maximum atomic E-state index is 13.7. The van der Waals surface area contributed by atoms with Crippen molar-refractivity contribution in [2.75, 3.05) is 10.2 Å². The predicted octanol–water partition coefficient (Wildman–Crippen LogP) is 5.79. The third-order valence-corrected chi connectivity index (χ3v) is 5.49. The summed E-state index contributed by atoms with van der Waals surface area (Å²) < 4.78 is 0. The number of carbonyl (C=O) groups excluding carboxylic acids is 1. The molecule has 1 N–H and O–H groups in total. The van der Waals surface area contributed by atoms with Crippen LogP contribution < -0.4 is 10.2 Å². The molecule has 0 radical (unpaired) electrons. The Hall–Kier alpha value is -3.59. The second-order valence-corrected chi connectivity index (χ2v) is 7.28. The lowest BCUT2D eigenvalue weighted by atomic mass is 9.91. The van der Waals surface area contributed by atoms with E-state index in [2.05, 4.69) is 36.5 Å². The Labute approximate surface area is 164 Å². The molecule has 4 aromatic rings. The van der Waals surface area contributed by atoms with Crippen LogP contribution in [0.2, 0.25) is 0 Å². The van der Waals surface area contributed by atoms with E-state index in [4.69, 9.17) is 0 Å². The zero-order valence-electron chi connectivity index (χ0n) is 15.6. The van der Waals surface area contributed by atoms with E-state index in [-0.39, 0.29) is 5.91 Å². The fraction of sp³-hybridized carbons (Fsp3) is 0.0800. The van der Waals surface area contributed by atoms with Gasteiger partial charge in [-0.05, 0) is 47.5 Å². The van der Waals surface area contributed by atoms with E-state index in [1.807, 2.05) is 77.7 Å². The lowest BCUT2D eigenvalue weighted by Gasteiger charge is -2.46. The van der Waals surface area contributed by atoms with Crippen molar-refractivity contribution in [1.29, 1.82) is 0 Å². The van der Waals surface area contributed by atoms with Crippen LogP contribution in [0.3, 0.4) is 0 Å². The molecule has 0 aliphatic carbocycles. The highest BCUT2D eigenvalue weighted by atomic mass is 16.2. The first-order valence-corrected chi connectivity index (χ1v) is 9.43. The molecule has 0 bridgehead atoms. The molecule has 0 spiro atoms. The van der Waals surface area contributed by atoms with Crippen molar-refractivity contribution >= 4 is 28.1 Å². The number of fused-ring (bicyclic) bond motifs is 2. The van der Waals surface area contributed by atoms with Crippen molar-refractivity contribution in [1.82, 2.24) is 0 Å². The lowest BCUT2D eigenvalue weighted by Crippen LogP contribution is -2.56. The average molecular weight is 364 g/mol. The van der Waals surface area contributed by atoms with Gasteiger partial charge in [0.15, 0.2) is 0 Å². The summed E-state index contributed by atoms with van der Waals surface area (Å²) in [5, 5.41) is 5.84. The topological polar surface area (TPSA) is 32.3 Å². The molecule has 28 heavy (non-hydrogen) atoms. The number of anilines is 2. The Morgan fingerprint density at radius 3 is 2.00 bits per heavy atom. The molecule has 1 atom stereocenters. The van der Waals surface area contributed by atoms with Crippen LogP contribution in [-0.4, -0.2) is 5.91 Å². The number of para-hydroxylation sites is 1. The van der Waals surface area contributed by atoms with Gasteiger partial charge in [-0.2, -0.15) is 0 Å². The Kier molecular flexibility index (Phi) is 3.69. The molecular formula is C25H20N2O. The average Bonchev–Trinajstić information content (AvgIpc) is 2.74. The maximum Gasteiger partial charge on any atom is 0.262 e. The van der Waals surface area contributed by atoms with Crippen LogP contribution in [0.5, 0.6) is 0 Å². The molecule has 0 aromatic heterocycles. The first kappa shape index (κ1) is 16.6. The van der Waals surface area contributed by atoms with Gasteiger partial charge in [0, 0.05) is 11.4 Å². The Morgan fingerprint density at radius 2 is 1.32 bits per heavy atom. The highest BCUT2D eigenvalue weighted by molar-refractivity contribution is 6.15. The summed E-state index contributed by atoms with van der Waals surface area (Å²) in [4.78, 5) is 15.6. The van der Waals surface area contributed by atoms with Crippen LogP contribution in [0.4, 0.5) is 11.4 Å². The van der Waals surface area contributed by atoms with Gasteiger partial charge in [-0.25, -0.2) is 0 Å². The van der Waals surface area contributed by atoms with Crippen molar-refractivity contribution < 1.29 is 4.79 Å². The summed E-state index contributed by atoms with van der Waals surface area (Å²) in [7, 11) is 0. The van der Waals surface area contributed by atoms with Crippen molar-refractivity contribution in [3.8, 4) is 0 Å². The fourth-order valence-corrected chi connectivity index (χ4v) is 4.08. The number of hydrogen-bond acceptors (Lipinski definition) is 2. The van der Waals surface area contributed by atoms with Gasteiger partial charge in [0.1, 0.15) is 5.66 Å². The minimum atomic E-state index is -0.699. The van der Waals surface area contributed by atoms with Crippen LogP contribution >= 0.6 is 0 Å². The van der Waals surface area contributed by atoms with E-state index in [0.29, 0.717) is 5.56 Å². The minimum absolute atomic E-state index is 0.00273. The Morgan fingerprint density at radius 1 is 0.750 bits per heavy atom. The van der Waals surface area contributed by atoms with Gasteiger partial charge >= 0.3 is 0 Å². The third kappa shape index (κ3) is 2.48. The summed E-state index contributed by atoms with van der Waals surface area (Å²) in [6.45, 7) is 2.06.